The summed E-state index contributed by atoms with van der Waals surface area (Å²) in [6.45, 7) is 17.7. The molecule has 0 aromatic rings. The lowest BCUT2D eigenvalue weighted by Crippen LogP contribution is -2.19. The first kappa shape index (κ1) is 17.0. The number of allylic oxidation sites excluding steroid dienone is 12. The number of rotatable bonds is 6. The molecule has 0 aliphatic heterocycles. The second-order valence-corrected chi connectivity index (χ2v) is 5.37. The molecule has 1 aliphatic rings. The predicted octanol–water partition coefficient (Wildman–Crippen LogP) is 6.11. The third-order valence-electron chi connectivity index (χ3n) is 3.74. The molecule has 110 valence electrons. The normalized spacial score (nSPS) is 27.0. The van der Waals surface area contributed by atoms with Gasteiger partial charge in [0.15, 0.2) is 0 Å². The van der Waals surface area contributed by atoms with Crippen molar-refractivity contribution in [2.45, 2.75) is 19.8 Å². The maximum atomic E-state index is 3.98. The minimum Gasteiger partial charge on any atom is -0.0991 e. The third-order valence-corrected chi connectivity index (χ3v) is 3.74. The quantitative estimate of drug-likeness (QED) is 0.514. The number of hydrogen-bond acceptors (Lipinski definition) is 0. The largest absolute Gasteiger partial charge is 0.0991 e. The molecule has 1 fully saturated rings. The summed E-state index contributed by atoms with van der Waals surface area (Å²) in [6, 6.07) is 0. The van der Waals surface area contributed by atoms with Gasteiger partial charge in [-0.3, -0.25) is 0 Å². The Hall–Kier alpha value is -2.08. The van der Waals surface area contributed by atoms with Crippen LogP contribution in [-0.4, -0.2) is 0 Å². The fourth-order valence-electron chi connectivity index (χ4n) is 2.87. The Morgan fingerprint density at radius 3 is 2.29 bits per heavy atom. The van der Waals surface area contributed by atoms with Gasteiger partial charge in [0.1, 0.15) is 0 Å². The first-order valence-corrected chi connectivity index (χ1v) is 7.44. The van der Waals surface area contributed by atoms with E-state index in [0.29, 0.717) is 11.8 Å². The highest BCUT2D eigenvalue weighted by atomic mass is 14.3. The molecule has 0 aromatic heterocycles. The summed E-state index contributed by atoms with van der Waals surface area (Å²) >= 11 is 0. The van der Waals surface area contributed by atoms with Crippen LogP contribution in [0.25, 0.3) is 0 Å². The van der Waals surface area contributed by atoms with Crippen LogP contribution in [0.1, 0.15) is 19.8 Å². The highest BCUT2D eigenvalue weighted by molar-refractivity contribution is 5.46. The Bertz CT molecular complexity index is 520. The van der Waals surface area contributed by atoms with Gasteiger partial charge in [0.05, 0.1) is 0 Å². The molecular weight excluding hydrogens is 252 g/mol. The van der Waals surface area contributed by atoms with E-state index in [2.05, 4.69) is 51.5 Å². The molecule has 1 saturated carbocycles. The monoisotopic (exact) mass is 278 g/mol. The first-order valence-electron chi connectivity index (χ1n) is 7.44. The molecule has 0 saturated heterocycles. The minimum atomic E-state index is 0.366. The van der Waals surface area contributed by atoms with Gasteiger partial charge in [-0.2, -0.15) is 0 Å². The molecule has 0 nitrogen and oxygen atoms in total. The molecule has 2 atom stereocenters. The molecule has 2 unspecified atom stereocenters. The summed E-state index contributed by atoms with van der Waals surface area (Å²) in [7, 11) is 0. The van der Waals surface area contributed by atoms with Crippen molar-refractivity contribution in [3.63, 3.8) is 0 Å². The average Bonchev–Trinajstić information content (AvgIpc) is 2.47. The van der Waals surface area contributed by atoms with E-state index in [1.165, 1.54) is 16.7 Å². The van der Waals surface area contributed by atoms with Crippen LogP contribution < -0.4 is 0 Å². The second-order valence-electron chi connectivity index (χ2n) is 5.37. The fourth-order valence-corrected chi connectivity index (χ4v) is 2.87. The van der Waals surface area contributed by atoms with Gasteiger partial charge in [-0.15, -0.1) is 0 Å². The molecule has 0 bridgehead atoms. The van der Waals surface area contributed by atoms with Gasteiger partial charge in [-0.1, -0.05) is 87.9 Å². The van der Waals surface area contributed by atoms with Gasteiger partial charge in [0, 0.05) is 5.92 Å². The van der Waals surface area contributed by atoms with Crippen molar-refractivity contribution in [3.05, 3.63) is 97.7 Å². The van der Waals surface area contributed by atoms with Gasteiger partial charge < -0.3 is 0 Å². The van der Waals surface area contributed by atoms with E-state index in [-0.39, 0.29) is 0 Å². The van der Waals surface area contributed by atoms with Gasteiger partial charge in [0.2, 0.25) is 0 Å². The highest BCUT2D eigenvalue weighted by Crippen LogP contribution is 2.41. The van der Waals surface area contributed by atoms with Crippen LogP contribution >= 0.6 is 0 Å². The van der Waals surface area contributed by atoms with Crippen LogP contribution in [0.15, 0.2) is 97.7 Å². The zero-order chi connectivity index (χ0) is 15.7. The summed E-state index contributed by atoms with van der Waals surface area (Å²) in [5.41, 5.74) is 3.93. The Morgan fingerprint density at radius 2 is 1.71 bits per heavy atom. The van der Waals surface area contributed by atoms with Crippen LogP contribution in [0.3, 0.4) is 0 Å². The van der Waals surface area contributed by atoms with Crippen molar-refractivity contribution >= 4 is 0 Å². The maximum Gasteiger partial charge on any atom is 0.00945 e. The molecule has 0 heteroatoms. The van der Waals surface area contributed by atoms with Crippen molar-refractivity contribution < 1.29 is 0 Å². The molecule has 1 rings (SSSR count). The Kier molecular flexibility index (Phi) is 7.25. The minimum absolute atomic E-state index is 0.366. The zero-order valence-electron chi connectivity index (χ0n) is 13.1. The molecule has 0 radical (unpaired) electrons. The third kappa shape index (κ3) is 4.75. The van der Waals surface area contributed by atoms with E-state index in [4.69, 9.17) is 0 Å². The summed E-state index contributed by atoms with van der Waals surface area (Å²) in [4.78, 5) is 0. The van der Waals surface area contributed by atoms with Gasteiger partial charge in [-0.05, 0) is 35.5 Å². The lowest BCUT2D eigenvalue weighted by atomic mass is 9.72. The topological polar surface area (TPSA) is 0 Å². The Labute approximate surface area is 130 Å². The van der Waals surface area contributed by atoms with E-state index in [1.807, 2.05) is 30.4 Å². The zero-order valence-corrected chi connectivity index (χ0v) is 13.1. The Morgan fingerprint density at radius 1 is 1.00 bits per heavy atom. The second kappa shape index (κ2) is 8.97. The van der Waals surface area contributed by atoms with E-state index in [0.717, 1.165) is 12.8 Å². The molecular formula is C21H26. The standard InChI is InChI=1S/C21H26/c1-6-10-11-14-18(9-4)21-16-17(5)15-19(12-7-2)20(21)13-8-3/h6-14,17,21H,1-4,15-16H2,5H3/b11-10-,18-14+,19-12-,20-13+. The smallest absolute Gasteiger partial charge is 0.00945 e. The van der Waals surface area contributed by atoms with Crippen LogP contribution in [0.5, 0.6) is 0 Å². The molecule has 0 aromatic carbocycles. The van der Waals surface area contributed by atoms with Crippen LogP contribution in [-0.2, 0) is 0 Å². The molecule has 21 heavy (non-hydrogen) atoms. The molecule has 0 spiro atoms. The van der Waals surface area contributed by atoms with Crippen molar-refractivity contribution in [2.24, 2.45) is 11.8 Å². The van der Waals surface area contributed by atoms with E-state index >= 15 is 0 Å². The van der Waals surface area contributed by atoms with Crippen LogP contribution in [0.4, 0.5) is 0 Å². The van der Waals surface area contributed by atoms with E-state index < -0.39 is 0 Å². The number of hydrogen-bond donors (Lipinski definition) is 0. The average molecular weight is 278 g/mol. The van der Waals surface area contributed by atoms with E-state index in [9.17, 15) is 0 Å². The molecule has 0 heterocycles. The highest BCUT2D eigenvalue weighted by Gasteiger charge is 2.27. The molecule has 1 aliphatic carbocycles. The lowest BCUT2D eigenvalue weighted by molar-refractivity contribution is 0.434. The summed E-state index contributed by atoms with van der Waals surface area (Å²) in [6.07, 6.45) is 20.0. The summed E-state index contributed by atoms with van der Waals surface area (Å²) in [5, 5.41) is 0. The fraction of sp³-hybridized carbons (Fsp3) is 0.238. The molecule has 0 amide bonds. The first-order chi connectivity index (χ1) is 10.2. The Balaban J connectivity index is 3.26. The van der Waals surface area contributed by atoms with Crippen LogP contribution in [0.2, 0.25) is 0 Å². The van der Waals surface area contributed by atoms with Crippen molar-refractivity contribution in [1.82, 2.24) is 0 Å². The lowest BCUT2D eigenvalue weighted by Gasteiger charge is -2.33. The van der Waals surface area contributed by atoms with Crippen LogP contribution in [0, 0.1) is 11.8 Å². The van der Waals surface area contributed by atoms with Crippen molar-refractivity contribution in [1.29, 1.82) is 0 Å². The van der Waals surface area contributed by atoms with Crippen molar-refractivity contribution in [2.75, 3.05) is 0 Å². The van der Waals surface area contributed by atoms with Gasteiger partial charge in [0.25, 0.3) is 0 Å². The van der Waals surface area contributed by atoms with Gasteiger partial charge >= 0.3 is 0 Å². The SMILES string of the molecule is C=C/C=C\C=C(/C=C)C1CC(C)CC(=C/C=C)/C1=C\C=C. The maximum absolute atomic E-state index is 3.98. The van der Waals surface area contributed by atoms with Crippen molar-refractivity contribution in [3.8, 4) is 0 Å². The summed E-state index contributed by atoms with van der Waals surface area (Å²) in [5.74, 6) is 1.01. The molecule has 0 N–H and O–H groups in total. The predicted molar refractivity (Wildman–Crippen MR) is 96.1 cm³/mol. The van der Waals surface area contributed by atoms with Gasteiger partial charge in [-0.25, -0.2) is 0 Å². The summed E-state index contributed by atoms with van der Waals surface area (Å²) < 4.78 is 0. The van der Waals surface area contributed by atoms with E-state index in [1.54, 1.807) is 6.08 Å².